The second-order valence-electron chi connectivity index (χ2n) is 11.4. The van der Waals surface area contributed by atoms with E-state index < -0.39 is 11.9 Å². The predicted octanol–water partition coefficient (Wildman–Crippen LogP) is 9.21. The van der Waals surface area contributed by atoms with Gasteiger partial charge in [-0.05, 0) is 25.7 Å². The summed E-state index contributed by atoms with van der Waals surface area (Å²) in [6.45, 7) is 4.52. The molecule has 0 fully saturated rings. The van der Waals surface area contributed by atoms with Crippen molar-refractivity contribution in [1.82, 2.24) is 0 Å². The van der Waals surface area contributed by atoms with Crippen LogP contribution in [0, 0.1) is 0 Å². The van der Waals surface area contributed by atoms with Crippen molar-refractivity contribution in [2.24, 2.45) is 0 Å². The molecule has 1 radical (unpaired) electrons. The van der Waals surface area contributed by atoms with Crippen molar-refractivity contribution < 1.29 is 36.6 Å². The Labute approximate surface area is 254 Å². The van der Waals surface area contributed by atoms with Crippen molar-refractivity contribution in [3.8, 4) is 0 Å². The molecule has 0 aromatic carbocycles. The maximum absolute atomic E-state index is 10.2. The fourth-order valence-corrected chi connectivity index (χ4v) is 4.93. The molecule has 0 amide bonds. The summed E-state index contributed by atoms with van der Waals surface area (Å²) in [5.41, 5.74) is 0. The maximum atomic E-state index is 10.2. The number of carboxylic acid groups (broad SMARTS) is 2. The topological polar surface area (TPSA) is 80.3 Å². The molecule has 0 aliphatic rings. The molecule has 0 atom stereocenters. The van der Waals surface area contributed by atoms with Gasteiger partial charge in [0.05, 0.1) is 0 Å². The predicted molar refractivity (Wildman–Crippen MR) is 160 cm³/mol. The van der Waals surface area contributed by atoms with Crippen LogP contribution in [0.4, 0.5) is 0 Å². The van der Waals surface area contributed by atoms with Crippen LogP contribution in [0.2, 0.25) is 0 Å². The number of aliphatic carboxylic acids is 2. The molecular weight excluding hydrogens is 531 g/mol. The van der Waals surface area contributed by atoms with Crippen molar-refractivity contribution in [3.05, 3.63) is 0 Å². The second kappa shape index (κ2) is 39.6. The zero-order valence-electron chi connectivity index (χ0n) is 26.2. The van der Waals surface area contributed by atoms with Crippen LogP contribution in [-0.2, 0) is 26.4 Å². The molecule has 0 rings (SSSR count). The fraction of sp³-hybridized carbons (Fsp3) is 0.941. The van der Waals surface area contributed by atoms with Gasteiger partial charge in [0, 0.05) is 11.9 Å². The van der Waals surface area contributed by atoms with Gasteiger partial charge in [-0.3, -0.25) is 0 Å². The molecule has 0 aromatic heterocycles. The molecule has 0 heterocycles. The summed E-state index contributed by atoms with van der Waals surface area (Å²) < 4.78 is 0. The molecule has 0 saturated carbocycles. The second-order valence-corrected chi connectivity index (χ2v) is 11.4. The first-order valence-corrected chi connectivity index (χ1v) is 16.9. The number of carboxylic acids is 2. The van der Waals surface area contributed by atoms with Gasteiger partial charge in [-0.1, -0.05) is 181 Å². The van der Waals surface area contributed by atoms with Crippen LogP contribution in [0.15, 0.2) is 0 Å². The van der Waals surface area contributed by atoms with E-state index in [4.69, 9.17) is 0 Å². The van der Waals surface area contributed by atoms with Gasteiger partial charge in [0.15, 0.2) is 0 Å². The van der Waals surface area contributed by atoms with Gasteiger partial charge in [-0.15, -0.1) is 0 Å². The number of carbonyl (C=O) groups excluding carboxylic acids is 2. The summed E-state index contributed by atoms with van der Waals surface area (Å²) in [6.07, 6.45) is 36.8. The van der Waals surface area contributed by atoms with E-state index in [1.54, 1.807) is 0 Å². The van der Waals surface area contributed by atoms with E-state index in [0.29, 0.717) is 0 Å². The van der Waals surface area contributed by atoms with Crippen molar-refractivity contribution in [3.63, 3.8) is 0 Å². The van der Waals surface area contributed by atoms with Crippen molar-refractivity contribution in [1.29, 1.82) is 0 Å². The monoisotopic (exact) mass is 597 g/mol. The molecule has 0 aliphatic heterocycles. The number of unbranched alkanes of at least 4 members (excludes halogenated alkanes) is 26. The van der Waals surface area contributed by atoms with Crippen LogP contribution in [0.1, 0.15) is 206 Å². The molecule has 0 spiro atoms. The summed E-state index contributed by atoms with van der Waals surface area (Å²) >= 11 is 0. The molecule has 235 valence electrons. The van der Waals surface area contributed by atoms with Gasteiger partial charge in [-0.2, -0.15) is 0 Å². The first-order valence-electron chi connectivity index (χ1n) is 16.9. The van der Waals surface area contributed by atoms with Gasteiger partial charge in [-0.25, -0.2) is 0 Å². The van der Waals surface area contributed by atoms with Crippen LogP contribution in [0.25, 0.3) is 0 Å². The zero-order chi connectivity index (χ0) is 28.4. The van der Waals surface area contributed by atoms with Gasteiger partial charge in [0.2, 0.25) is 0 Å². The van der Waals surface area contributed by atoms with Gasteiger partial charge in [0.1, 0.15) is 0 Å². The minimum absolute atomic E-state index is 0. The molecule has 4 nitrogen and oxygen atoms in total. The minimum Gasteiger partial charge on any atom is -0.550 e. The van der Waals surface area contributed by atoms with E-state index in [9.17, 15) is 19.8 Å². The van der Waals surface area contributed by atoms with E-state index >= 15 is 0 Å². The Kier molecular flexibility index (Phi) is 43.6. The summed E-state index contributed by atoms with van der Waals surface area (Å²) in [7, 11) is 0. The summed E-state index contributed by atoms with van der Waals surface area (Å²) in [4.78, 5) is 20.4. The van der Waals surface area contributed by atoms with Crippen LogP contribution in [0.5, 0.6) is 0 Å². The fourth-order valence-electron chi connectivity index (χ4n) is 4.93. The first-order chi connectivity index (χ1) is 18.5. The summed E-state index contributed by atoms with van der Waals surface area (Å²) in [6, 6.07) is 0. The quantitative estimate of drug-likeness (QED) is 0.0773. The Morgan fingerprint density at radius 1 is 0.333 bits per heavy atom. The average molecular weight is 598 g/mol. The molecule has 5 heteroatoms. The molecule has 0 N–H and O–H groups in total. The molecule has 0 saturated heterocycles. The Balaban J connectivity index is -0.000000648. The summed E-state index contributed by atoms with van der Waals surface area (Å²) in [5.74, 6) is -1.81. The SMILES string of the molecule is CCCCCCCCCCCCCCCCC(=O)[O-].CCCCCCCCCCCCCCCCC(=O)[O-].[Co+2]. The van der Waals surface area contributed by atoms with Crippen molar-refractivity contribution in [2.75, 3.05) is 0 Å². The number of hydrogen-bond donors (Lipinski definition) is 0. The third-order valence-electron chi connectivity index (χ3n) is 7.47. The van der Waals surface area contributed by atoms with E-state index in [1.165, 1.54) is 154 Å². The normalized spacial score (nSPS) is 10.5. The van der Waals surface area contributed by atoms with Crippen LogP contribution in [-0.4, -0.2) is 11.9 Å². The molecule has 39 heavy (non-hydrogen) atoms. The molecular formula is C34H66CoO4. The number of hydrogen-bond acceptors (Lipinski definition) is 4. The first kappa shape index (κ1) is 42.9. The third-order valence-corrected chi connectivity index (χ3v) is 7.47. The van der Waals surface area contributed by atoms with E-state index in [0.717, 1.165) is 25.7 Å². The summed E-state index contributed by atoms with van der Waals surface area (Å²) in [5, 5.41) is 20.4. The number of carbonyl (C=O) groups is 2. The van der Waals surface area contributed by atoms with E-state index in [1.807, 2.05) is 0 Å². The van der Waals surface area contributed by atoms with Crippen molar-refractivity contribution >= 4 is 11.9 Å². The van der Waals surface area contributed by atoms with Crippen LogP contribution < -0.4 is 10.2 Å². The minimum atomic E-state index is -0.904. The van der Waals surface area contributed by atoms with Crippen LogP contribution >= 0.6 is 0 Å². The molecule has 0 unspecified atom stereocenters. The van der Waals surface area contributed by atoms with Crippen LogP contribution in [0.3, 0.4) is 0 Å². The van der Waals surface area contributed by atoms with E-state index in [-0.39, 0.29) is 29.6 Å². The average Bonchev–Trinajstić information content (AvgIpc) is 2.89. The van der Waals surface area contributed by atoms with E-state index in [2.05, 4.69) is 13.8 Å². The molecule has 0 aliphatic carbocycles. The zero-order valence-corrected chi connectivity index (χ0v) is 27.2. The third kappa shape index (κ3) is 47.6. The van der Waals surface area contributed by atoms with Gasteiger partial charge < -0.3 is 19.8 Å². The number of rotatable bonds is 30. The smallest absolute Gasteiger partial charge is 0.550 e. The van der Waals surface area contributed by atoms with Gasteiger partial charge >= 0.3 is 16.8 Å². The van der Waals surface area contributed by atoms with Crippen molar-refractivity contribution in [2.45, 2.75) is 206 Å². The van der Waals surface area contributed by atoms with Gasteiger partial charge in [0.25, 0.3) is 0 Å². The Morgan fingerprint density at radius 2 is 0.487 bits per heavy atom. The molecule has 0 bridgehead atoms. The maximum Gasteiger partial charge on any atom is 2.00 e. The Bertz CT molecular complexity index is 428. The standard InChI is InChI=1S/2C17H34O2.Co/c2*1-2-3-4-5-6-7-8-9-10-11-12-13-14-15-16-17(18)19;/h2*2-16H2,1H3,(H,18,19);/q;;+2/p-2. The Morgan fingerprint density at radius 3 is 0.641 bits per heavy atom. The Hall–Kier alpha value is -0.554. The molecule has 0 aromatic rings. The largest absolute Gasteiger partial charge is 2.00 e.